The fraction of sp³-hybridized carbons (Fsp3) is 0.500. The molecule has 0 saturated carbocycles. The molecular formula is C20H28N6O3S. The Morgan fingerprint density at radius 3 is 2.47 bits per heavy atom. The van der Waals surface area contributed by atoms with Crippen molar-refractivity contribution in [3.05, 3.63) is 35.7 Å². The maximum absolute atomic E-state index is 12.5. The third kappa shape index (κ3) is 5.51. The maximum Gasteiger partial charge on any atom is 0.251 e. The van der Waals surface area contributed by atoms with Crippen LogP contribution in [0, 0.1) is 0 Å². The highest BCUT2D eigenvalue weighted by atomic mass is 32.2. The molecule has 0 spiro atoms. The second kappa shape index (κ2) is 10.4. The van der Waals surface area contributed by atoms with Gasteiger partial charge in [0, 0.05) is 38.3 Å². The summed E-state index contributed by atoms with van der Waals surface area (Å²) >= 11 is 1.39. The van der Waals surface area contributed by atoms with Crippen molar-refractivity contribution >= 4 is 23.6 Å². The number of piperazine rings is 1. The molecule has 0 radical (unpaired) electrons. The second-order valence-corrected chi connectivity index (χ2v) is 7.97. The average molecular weight is 433 g/mol. The van der Waals surface area contributed by atoms with Crippen LogP contribution in [-0.2, 0) is 17.9 Å². The number of carbonyl (C=O) groups is 2. The predicted molar refractivity (Wildman–Crippen MR) is 115 cm³/mol. The van der Waals surface area contributed by atoms with Crippen LogP contribution in [0.3, 0.4) is 0 Å². The zero-order valence-corrected chi connectivity index (χ0v) is 18.4. The SMILES string of the molecule is CCn1c(CNC(=O)c2ccc(OC)cc2)nnc1SCC(=O)N1CCN(C)CC1. The zero-order valence-electron chi connectivity index (χ0n) is 17.6. The molecule has 2 amide bonds. The molecule has 10 heteroatoms. The van der Waals surface area contributed by atoms with Gasteiger partial charge in [-0.15, -0.1) is 10.2 Å². The Hall–Kier alpha value is -2.59. The highest BCUT2D eigenvalue weighted by Gasteiger charge is 2.20. The van der Waals surface area contributed by atoms with Crippen molar-refractivity contribution < 1.29 is 14.3 Å². The summed E-state index contributed by atoms with van der Waals surface area (Å²) in [6.07, 6.45) is 0. The Labute approximate surface area is 180 Å². The molecule has 9 nitrogen and oxygen atoms in total. The molecule has 1 N–H and O–H groups in total. The first-order chi connectivity index (χ1) is 14.5. The number of methoxy groups -OCH3 is 1. The summed E-state index contributed by atoms with van der Waals surface area (Å²) in [7, 11) is 3.65. The van der Waals surface area contributed by atoms with E-state index in [0.29, 0.717) is 34.6 Å². The minimum absolute atomic E-state index is 0.119. The van der Waals surface area contributed by atoms with E-state index < -0.39 is 0 Å². The maximum atomic E-state index is 12.5. The van der Waals surface area contributed by atoms with Gasteiger partial charge in [-0.25, -0.2) is 0 Å². The van der Waals surface area contributed by atoms with Crippen LogP contribution < -0.4 is 10.1 Å². The van der Waals surface area contributed by atoms with Gasteiger partial charge in [-0.2, -0.15) is 0 Å². The van der Waals surface area contributed by atoms with Crippen molar-refractivity contribution in [3.63, 3.8) is 0 Å². The number of thioether (sulfide) groups is 1. The Morgan fingerprint density at radius 2 is 1.83 bits per heavy atom. The fourth-order valence-electron chi connectivity index (χ4n) is 3.15. The standard InChI is InChI=1S/C20H28N6O3S/c1-4-26-17(13-21-19(28)15-5-7-16(29-3)8-6-15)22-23-20(26)30-14-18(27)25-11-9-24(2)10-12-25/h5-8H,4,9-14H2,1-3H3,(H,21,28). The first-order valence-electron chi connectivity index (χ1n) is 9.95. The van der Waals surface area contributed by atoms with Gasteiger partial charge in [0.2, 0.25) is 5.91 Å². The van der Waals surface area contributed by atoms with Gasteiger partial charge in [0.1, 0.15) is 5.75 Å². The van der Waals surface area contributed by atoms with Crippen LogP contribution in [0.4, 0.5) is 0 Å². The fourth-order valence-corrected chi connectivity index (χ4v) is 4.08. The first-order valence-corrected chi connectivity index (χ1v) is 10.9. The number of nitrogens with one attached hydrogen (secondary N) is 1. The summed E-state index contributed by atoms with van der Waals surface area (Å²) < 4.78 is 7.04. The Balaban J connectivity index is 1.54. The number of carbonyl (C=O) groups excluding carboxylic acids is 2. The molecule has 2 heterocycles. The zero-order chi connectivity index (χ0) is 21.5. The molecule has 30 heavy (non-hydrogen) atoms. The quantitative estimate of drug-likeness (QED) is 0.625. The van der Waals surface area contributed by atoms with Crippen molar-refractivity contribution in [1.82, 2.24) is 29.9 Å². The molecule has 1 aliphatic rings. The van der Waals surface area contributed by atoms with Gasteiger partial charge in [0.15, 0.2) is 11.0 Å². The number of amides is 2. The number of likely N-dealkylation sites (N-methyl/N-ethyl adjacent to an activating group) is 1. The molecule has 2 aromatic rings. The molecule has 1 aliphatic heterocycles. The number of benzene rings is 1. The van der Waals surface area contributed by atoms with E-state index in [1.165, 1.54) is 11.8 Å². The second-order valence-electron chi connectivity index (χ2n) is 7.03. The van der Waals surface area contributed by atoms with E-state index in [0.717, 1.165) is 26.2 Å². The lowest BCUT2D eigenvalue weighted by Gasteiger charge is -2.32. The molecule has 0 atom stereocenters. The van der Waals surface area contributed by atoms with Gasteiger partial charge in [0.05, 0.1) is 19.4 Å². The van der Waals surface area contributed by atoms with Gasteiger partial charge >= 0.3 is 0 Å². The summed E-state index contributed by atoms with van der Waals surface area (Å²) in [6, 6.07) is 6.92. The topological polar surface area (TPSA) is 92.6 Å². The Kier molecular flexibility index (Phi) is 7.69. The number of hydrogen-bond acceptors (Lipinski definition) is 7. The van der Waals surface area contributed by atoms with E-state index in [-0.39, 0.29) is 18.4 Å². The lowest BCUT2D eigenvalue weighted by atomic mass is 10.2. The number of hydrogen-bond donors (Lipinski definition) is 1. The van der Waals surface area contributed by atoms with Crippen LogP contribution in [0.1, 0.15) is 23.1 Å². The van der Waals surface area contributed by atoms with Crippen molar-refractivity contribution in [2.24, 2.45) is 0 Å². The van der Waals surface area contributed by atoms with Crippen LogP contribution >= 0.6 is 11.8 Å². The minimum Gasteiger partial charge on any atom is -0.497 e. The molecule has 0 unspecified atom stereocenters. The lowest BCUT2D eigenvalue weighted by molar-refractivity contribution is -0.129. The van der Waals surface area contributed by atoms with Crippen LogP contribution in [-0.4, -0.2) is 82.5 Å². The van der Waals surface area contributed by atoms with Crippen LogP contribution in [0.2, 0.25) is 0 Å². The lowest BCUT2D eigenvalue weighted by Crippen LogP contribution is -2.47. The van der Waals surface area contributed by atoms with E-state index in [9.17, 15) is 9.59 Å². The van der Waals surface area contributed by atoms with E-state index >= 15 is 0 Å². The largest absolute Gasteiger partial charge is 0.497 e. The van der Waals surface area contributed by atoms with Crippen LogP contribution in [0.25, 0.3) is 0 Å². The van der Waals surface area contributed by atoms with Crippen molar-refractivity contribution in [1.29, 1.82) is 0 Å². The average Bonchev–Trinajstić information content (AvgIpc) is 3.18. The number of ether oxygens (including phenoxy) is 1. The number of aromatic nitrogens is 3. The normalized spacial score (nSPS) is 14.6. The van der Waals surface area contributed by atoms with Crippen LogP contribution in [0.5, 0.6) is 5.75 Å². The molecule has 0 aliphatic carbocycles. The predicted octanol–water partition coefficient (Wildman–Crippen LogP) is 1.10. The number of nitrogens with zero attached hydrogens (tertiary/aromatic N) is 5. The highest BCUT2D eigenvalue weighted by molar-refractivity contribution is 7.99. The van der Waals surface area contributed by atoms with Gasteiger partial charge in [-0.1, -0.05) is 11.8 Å². The van der Waals surface area contributed by atoms with Gasteiger partial charge in [-0.3, -0.25) is 9.59 Å². The van der Waals surface area contributed by atoms with E-state index in [2.05, 4.69) is 27.5 Å². The number of rotatable bonds is 8. The van der Waals surface area contributed by atoms with Gasteiger partial charge in [-0.05, 0) is 38.2 Å². The molecule has 1 fully saturated rings. The summed E-state index contributed by atoms with van der Waals surface area (Å²) in [5, 5.41) is 12.0. The summed E-state index contributed by atoms with van der Waals surface area (Å²) in [4.78, 5) is 29.0. The van der Waals surface area contributed by atoms with Crippen molar-refractivity contribution in [2.45, 2.75) is 25.2 Å². The van der Waals surface area contributed by atoms with Gasteiger partial charge < -0.3 is 24.4 Å². The van der Waals surface area contributed by atoms with Gasteiger partial charge in [0.25, 0.3) is 5.91 Å². The van der Waals surface area contributed by atoms with E-state index in [4.69, 9.17) is 4.74 Å². The first kappa shape index (κ1) is 22.1. The Bertz CT molecular complexity index is 862. The smallest absolute Gasteiger partial charge is 0.251 e. The minimum atomic E-state index is -0.192. The highest BCUT2D eigenvalue weighted by Crippen LogP contribution is 2.18. The van der Waals surface area contributed by atoms with E-state index in [1.807, 2.05) is 16.4 Å². The monoisotopic (exact) mass is 432 g/mol. The molecule has 1 saturated heterocycles. The molecule has 1 aromatic heterocycles. The molecule has 1 aromatic carbocycles. The molecule has 0 bridgehead atoms. The summed E-state index contributed by atoms with van der Waals surface area (Å²) in [5.74, 6) is 1.62. The molecule has 3 rings (SSSR count). The third-order valence-corrected chi connectivity index (χ3v) is 6.00. The van der Waals surface area contributed by atoms with Crippen LogP contribution in [0.15, 0.2) is 29.4 Å². The van der Waals surface area contributed by atoms with Crippen molar-refractivity contribution in [3.8, 4) is 5.75 Å². The Morgan fingerprint density at radius 1 is 1.13 bits per heavy atom. The molecular weight excluding hydrogens is 404 g/mol. The summed E-state index contributed by atoms with van der Waals surface area (Å²) in [5.41, 5.74) is 0.547. The third-order valence-electron chi connectivity index (χ3n) is 5.05. The van der Waals surface area contributed by atoms with Crippen molar-refractivity contribution in [2.75, 3.05) is 46.1 Å². The summed E-state index contributed by atoms with van der Waals surface area (Å²) in [6.45, 7) is 6.24. The molecule has 162 valence electrons. The van der Waals surface area contributed by atoms with E-state index in [1.54, 1.807) is 31.4 Å².